The Morgan fingerprint density at radius 2 is 1.56 bits per heavy atom. The van der Waals surface area contributed by atoms with Gasteiger partial charge in [-0.05, 0) is 42.3 Å². The minimum atomic E-state index is -4.84. The summed E-state index contributed by atoms with van der Waals surface area (Å²) in [6, 6.07) is 15.4. The summed E-state index contributed by atoms with van der Waals surface area (Å²) < 4.78 is 46.7. The van der Waals surface area contributed by atoms with E-state index < -0.39 is 18.0 Å². The van der Waals surface area contributed by atoms with Gasteiger partial charge in [-0.3, -0.25) is 14.7 Å². The molecule has 4 nitrogen and oxygen atoms in total. The molecule has 0 fully saturated rings. The summed E-state index contributed by atoms with van der Waals surface area (Å²) in [4.78, 5) is 10.2. The average Bonchev–Trinajstić information content (AvgIpc) is 2.80. The van der Waals surface area contributed by atoms with Gasteiger partial charge >= 0.3 is 6.36 Å². The first-order valence-electron chi connectivity index (χ1n) is 10.2. The van der Waals surface area contributed by atoms with Crippen molar-refractivity contribution in [3.63, 3.8) is 0 Å². The van der Waals surface area contributed by atoms with Crippen LogP contribution in [0.5, 0.6) is 0 Å². The summed E-state index contributed by atoms with van der Waals surface area (Å²) in [6.45, 7) is 1.74. The molecule has 32 heavy (non-hydrogen) atoms. The first kappa shape index (κ1) is 21.8. The second kappa shape index (κ2) is 8.96. The summed E-state index contributed by atoms with van der Waals surface area (Å²) >= 11 is 0. The molecule has 2 heterocycles. The highest BCUT2D eigenvalue weighted by Gasteiger charge is 2.52. The predicted molar refractivity (Wildman–Crippen MR) is 118 cm³/mol. The molecule has 0 amide bonds. The van der Waals surface area contributed by atoms with Gasteiger partial charge in [-0.25, -0.2) is 0 Å². The fourth-order valence-corrected chi connectivity index (χ4v) is 4.20. The van der Waals surface area contributed by atoms with Crippen LogP contribution in [0.2, 0.25) is 0 Å². The number of rotatable bonds is 6. The van der Waals surface area contributed by atoms with E-state index in [0.717, 1.165) is 0 Å². The minimum absolute atomic E-state index is 0.0471. The molecule has 0 radical (unpaired) electrons. The lowest BCUT2D eigenvalue weighted by Crippen LogP contribution is -2.54. The van der Waals surface area contributed by atoms with Gasteiger partial charge in [0.15, 0.2) is 0 Å². The number of alkyl halides is 3. The number of pyridine rings is 2. The summed E-state index contributed by atoms with van der Waals surface area (Å²) in [5.74, 6) is 0. The Labute approximate surface area is 184 Å². The average molecular weight is 437 g/mol. The van der Waals surface area contributed by atoms with Crippen molar-refractivity contribution in [3.8, 4) is 0 Å². The van der Waals surface area contributed by atoms with Crippen molar-refractivity contribution < 1.29 is 17.9 Å². The highest BCUT2D eigenvalue weighted by atomic mass is 19.4. The zero-order chi connectivity index (χ0) is 22.6. The van der Waals surface area contributed by atoms with Gasteiger partial charge in [0.1, 0.15) is 5.60 Å². The smallest absolute Gasteiger partial charge is 0.333 e. The summed E-state index contributed by atoms with van der Waals surface area (Å²) in [5.41, 5.74) is 0.703. The monoisotopic (exact) mass is 437 g/mol. The van der Waals surface area contributed by atoms with E-state index in [-0.39, 0.29) is 6.42 Å². The van der Waals surface area contributed by atoms with Gasteiger partial charge < -0.3 is 4.90 Å². The number of benzene rings is 1. The van der Waals surface area contributed by atoms with Crippen molar-refractivity contribution in [1.82, 2.24) is 9.97 Å². The van der Waals surface area contributed by atoms with Crippen LogP contribution < -0.4 is 4.90 Å². The summed E-state index contributed by atoms with van der Waals surface area (Å²) in [7, 11) is 0. The third-order valence-electron chi connectivity index (χ3n) is 5.57. The Morgan fingerprint density at radius 1 is 0.938 bits per heavy atom. The van der Waals surface area contributed by atoms with E-state index >= 15 is 0 Å². The Balaban J connectivity index is 1.90. The van der Waals surface area contributed by atoms with Crippen molar-refractivity contribution in [2.24, 2.45) is 0 Å². The van der Waals surface area contributed by atoms with Crippen LogP contribution in [0.15, 0.2) is 97.6 Å². The Bertz CT molecular complexity index is 1050. The van der Waals surface area contributed by atoms with E-state index in [0.29, 0.717) is 22.5 Å². The second-order valence-electron chi connectivity index (χ2n) is 7.48. The molecule has 0 saturated heterocycles. The van der Waals surface area contributed by atoms with Crippen LogP contribution in [0.3, 0.4) is 0 Å². The van der Waals surface area contributed by atoms with Gasteiger partial charge in [0.05, 0.1) is 29.8 Å². The third kappa shape index (κ3) is 4.43. The summed E-state index contributed by atoms with van der Waals surface area (Å²) in [6.07, 6.45) is 6.86. The number of aromatic nitrogens is 2. The molecule has 4 rings (SSSR count). The van der Waals surface area contributed by atoms with Crippen LogP contribution in [0.4, 0.5) is 24.5 Å². The van der Waals surface area contributed by atoms with E-state index in [1.165, 1.54) is 0 Å². The topological polar surface area (TPSA) is 38.2 Å². The molecule has 1 aliphatic rings. The normalized spacial score (nSPS) is 19.3. The van der Waals surface area contributed by atoms with Gasteiger partial charge in [0.2, 0.25) is 0 Å². The highest BCUT2D eigenvalue weighted by Crippen LogP contribution is 2.47. The Kier molecular flexibility index (Phi) is 6.10. The van der Waals surface area contributed by atoms with Crippen molar-refractivity contribution in [1.29, 1.82) is 0 Å². The molecule has 1 aliphatic carbocycles. The minimum Gasteiger partial charge on any atom is -0.333 e. The van der Waals surface area contributed by atoms with E-state index in [1.54, 1.807) is 91.2 Å². The third-order valence-corrected chi connectivity index (χ3v) is 5.57. The van der Waals surface area contributed by atoms with Crippen LogP contribution in [0.25, 0.3) is 5.57 Å². The van der Waals surface area contributed by atoms with Crippen LogP contribution in [0, 0.1) is 0 Å². The molecule has 0 spiro atoms. The van der Waals surface area contributed by atoms with Crippen molar-refractivity contribution >= 4 is 16.9 Å². The van der Waals surface area contributed by atoms with Crippen LogP contribution in [-0.2, 0) is 4.74 Å². The molecular formula is C25H22F3N3O. The molecule has 0 aliphatic heterocycles. The van der Waals surface area contributed by atoms with Crippen LogP contribution >= 0.6 is 0 Å². The Morgan fingerprint density at radius 3 is 2.09 bits per heavy atom. The molecule has 0 saturated carbocycles. The van der Waals surface area contributed by atoms with E-state index in [2.05, 4.69) is 9.97 Å². The number of halogens is 3. The molecule has 3 aromatic rings. The van der Waals surface area contributed by atoms with Crippen molar-refractivity contribution in [3.05, 3.63) is 103 Å². The number of hydrogen-bond acceptors (Lipinski definition) is 4. The predicted octanol–water partition coefficient (Wildman–Crippen LogP) is 6.32. The van der Waals surface area contributed by atoms with Gasteiger partial charge in [-0.15, -0.1) is 13.2 Å². The van der Waals surface area contributed by atoms with Gasteiger partial charge in [-0.2, -0.15) is 0 Å². The molecule has 7 heteroatoms. The first-order valence-corrected chi connectivity index (χ1v) is 10.2. The maximum atomic E-state index is 13.9. The van der Waals surface area contributed by atoms with E-state index in [1.807, 2.05) is 18.2 Å². The molecule has 164 valence electrons. The summed E-state index contributed by atoms with van der Waals surface area (Å²) in [5, 5.41) is 0. The van der Waals surface area contributed by atoms with Crippen LogP contribution in [-0.4, -0.2) is 28.0 Å². The van der Waals surface area contributed by atoms with E-state index in [9.17, 15) is 13.2 Å². The number of nitrogens with zero attached hydrogens (tertiary/aromatic N) is 3. The zero-order valence-electron chi connectivity index (χ0n) is 17.4. The molecular weight excluding hydrogens is 415 g/mol. The van der Waals surface area contributed by atoms with E-state index in [4.69, 9.17) is 4.74 Å². The molecule has 2 atom stereocenters. The number of hydrogen-bond donors (Lipinski definition) is 0. The molecule has 2 aromatic heterocycles. The number of anilines is 2. The fourth-order valence-electron chi connectivity index (χ4n) is 4.20. The quantitative estimate of drug-likeness (QED) is 0.452. The standard InChI is InChI=1S/C25H22F3N3O/c1-19(31(21-11-7-15-29-17-21)22-12-8-16-30-18-22)24(32-25(26,27)28)14-6-5-13-23(24)20-9-3-2-4-10-20/h2-13,15-19H,14H2,1H3. The first-order chi connectivity index (χ1) is 15.4. The van der Waals surface area contributed by atoms with Crippen molar-refractivity contribution in [2.75, 3.05) is 4.90 Å². The van der Waals surface area contributed by atoms with Gasteiger partial charge in [0, 0.05) is 18.8 Å². The SMILES string of the molecule is CC(N(c1cccnc1)c1cccnc1)C1(OC(F)(F)F)CC=CC=C1c1ccccc1. The number of ether oxygens (including phenoxy) is 1. The largest absolute Gasteiger partial charge is 0.523 e. The zero-order valence-corrected chi connectivity index (χ0v) is 17.4. The lowest BCUT2D eigenvalue weighted by atomic mass is 9.76. The molecule has 0 bridgehead atoms. The van der Waals surface area contributed by atoms with Gasteiger partial charge in [0.25, 0.3) is 0 Å². The molecule has 1 aromatic carbocycles. The maximum Gasteiger partial charge on any atom is 0.523 e. The van der Waals surface area contributed by atoms with Crippen molar-refractivity contribution in [2.45, 2.75) is 31.3 Å². The van der Waals surface area contributed by atoms with Gasteiger partial charge in [-0.1, -0.05) is 48.6 Å². The number of allylic oxidation sites excluding steroid dienone is 2. The molecule has 2 unspecified atom stereocenters. The lowest BCUT2D eigenvalue weighted by Gasteiger charge is -2.47. The fraction of sp³-hybridized carbons (Fsp3) is 0.200. The molecule has 0 N–H and O–H groups in total. The maximum absolute atomic E-state index is 13.9. The Hall–Kier alpha value is -3.45. The second-order valence-corrected chi connectivity index (χ2v) is 7.48. The highest BCUT2D eigenvalue weighted by molar-refractivity contribution is 5.78. The van der Waals surface area contributed by atoms with Crippen LogP contribution in [0.1, 0.15) is 18.9 Å². The lowest BCUT2D eigenvalue weighted by molar-refractivity contribution is -0.358.